The Morgan fingerprint density at radius 3 is 2.50 bits per heavy atom. The number of piperidine rings is 2. The fourth-order valence-electron chi connectivity index (χ4n) is 7.96. The van der Waals surface area contributed by atoms with Crippen LogP contribution >= 0.6 is 0 Å². The van der Waals surface area contributed by atoms with Crippen LogP contribution in [0.4, 0.5) is 14.6 Å². The highest BCUT2D eigenvalue weighted by molar-refractivity contribution is 6.07. The van der Waals surface area contributed by atoms with Crippen LogP contribution in [0.5, 0.6) is 11.8 Å². The fraction of sp³-hybridized carbons (Fsp3) is 0.474. The van der Waals surface area contributed by atoms with Crippen molar-refractivity contribution < 1.29 is 23.0 Å². The van der Waals surface area contributed by atoms with Crippen LogP contribution in [0.15, 0.2) is 43.1 Å². The second-order valence-electron chi connectivity index (χ2n) is 14.2. The number of fused-ring (bicyclic) bond motifs is 2. The number of anilines is 1. The highest BCUT2D eigenvalue weighted by Gasteiger charge is 2.46. The monoisotopic (exact) mass is 685 g/mol. The number of amides is 1. The van der Waals surface area contributed by atoms with Gasteiger partial charge in [0, 0.05) is 73.1 Å². The van der Waals surface area contributed by atoms with Crippen molar-refractivity contribution in [2.24, 2.45) is 5.41 Å². The zero-order chi connectivity index (χ0) is 35.2. The lowest BCUT2D eigenvalue weighted by Crippen LogP contribution is -2.61. The van der Waals surface area contributed by atoms with Gasteiger partial charge in [-0.2, -0.15) is 23.8 Å². The van der Waals surface area contributed by atoms with Crippen molar-refractivity contribution in [2.45, 2.75) is 65.5 Å². The second-order valence-corrected chi connectivity index (χ2v) is 14.2. The largest absolute Gasteiger partial charge is 0.491 e. The number of halogens is 2. The number of ether oxygens (including phenoxy) is 2. The SMILES string of the molecule is C=CC(=O)N1CC2(CCN(c3nc(OC4CCN(C(C)C)CC4)nc4c(OCC)c(-c5c(C)ccc6[nH]ncc56)c(C=C(F)F)cc34)CC2)C1. The van der Waals surface area contributed by atoms with Gasteiger partial charge in [0.2, 0.25) is 5.91 Å². The van der Waals surface area contributed by atoms with Crippen LogP contribution in [0.3, 0.4) is 0 Å². The lowest BCUT2D eigenvalue weighted by atomic mass is 9.72. The van der Waals surface area contributed by atoms with Crippen molar-refractivity contribution in [1.82, 2.24) is 30.0 Å². The average molecular weight is 686 g/mol. The molecule has 1 spiro atoms. The quantitative estimate of drug-likeness (QED) is 0.189. The Morgan fingerprint density at radius 1 is 1.10 bits per heavy atom. The van der Waals surface area contributed by atoms with Crippen molar-refractivity contribution in [2.75, 3.05) is 50.8 Å². The number of benzene rings is 2. The zero-order valence-electron chi connectivity index (χ0n) is 29.3. The van der Waals surface area contributed by atoms with Crippen LogP contribution in [-0.4, -0.2) is 93.9 Å². The first-order valence-corrected chi connectivity index (χ1v) is 17.6. The van der Waals surface area contributed by atoms with Gasteiger partial charge in [0.05, 0.1) is 18.3 Å². The highest BCUT2D eigenvalue weighted by atomic mass is 19.3. The van der Waals surface area contributed by atoms with Crippen molar-refractivity contribution in [1.29, 1.82) is 0 Å². The maximum Gasteiger partial charge on any atom is 0.319 e. The number of aromatic nitrogens is 4. The van der Waals surface area contributed by atoms with Gasteiger partial charge in [-0.25, -0.2) is 0 Å². The average Bonchev–Trinajstić information content (AvgIpc) is 3.57. The number of nitrogens with one attached hydrogen (secondary N) is 1. The Balaban J connectivity index is 1.37. The van der Waals surface area contributed by atoms with Gasteiger partial charge >= 0.3 is 6.01 Å². The lowest BCUT2D eigenvalue weighted by Gasteiger charge is -2.54. The summed E-state index contributed by atoms with van der Waals surface area (Å²) >= 11 is 0. The van der Waals surface area contributed by atoms with E-state index < -0.39 is 6.08 Å². The van der Waals surface area contributed by atoms with Crippen molar-refractivity contribution in [3.05, 3.63) is 54.3 Å². The molecule has 3 saturated heterocycles. The standard InChI is InChI=1S/C38H45F2N7O3/c1-6-31(48)47-21-38(22-47)12-16-46(17-13-38)36-27-18-25(19-30(39)40)33(32-24(5)8-9-29-28(32)20-41-44-29)35(49-7-2)34(27)42-37(43-36)50-26-10-14-45(15-11-26)23(3)4/h6,8-9,18-20,23,26H,1,7,10-17,21-22H2,2-5H3,(H,41,44). The third kappa shape index (κ3) is 6.29. The van der Waals surface area contributed by atoms with Crippen LogP contribution in [-0.2, 0) is 4.79 Å². The van der Waals surface area contributed by atoms with E-state index in [0.29, 0.717) is 72.4 Å². The summed E-state index contributed by atoms with van der Waals surface area (Å²) < 4.78 is 41.6. The lowest BCUT2D eigenvalue weighted by molar-refractivity contribution is -0.139. The zero-order valence-corrected chi connectivity index (χ0v) is 29.3. The molecule has 12 heteroatoms. The van der Waals surface area contributed by atoms with Gasteiger partial charge in [-0.05, 0) is 88.3 Å². The molecule has 3 aliphatic rings. The van der Waals surface area contributed by atoms with Crippen molar-refractivity contribution in [3.63, 3.8) is 0 Å². The maximum absolute atomic E-state index is 14.3. The molecule has 4 aromatic rings. The van der Waals surface area contributed by atoms with Gasteiger partial charge in [0.1, 0.15) is 17.4 Å². The summed E-state index contributed by atoms with van der Waals surface area (Å²) in [6, 6.07) is 6.37. The van der Waals surface area contributed by atoms with Crippen LogP contribution < -0.4 is 14.4 Å². The third-order valence-electron chi connectivity index (χ3n) is 10.7. The number of nitrogens with zero attached hydrogens (tertiary/aromatic N) is 6. The molecule has 1 N–H and O–H groups in total. The smallest absolute Gasteiger partial charge is 0.319 e. The van der Waals surface area contributed by atoms with E-state index in [-0.39, 0.29) is 23.4 Å². The molecule has 3 aliphatic heterocycles. The molecule has 10 nitrogen and oxygen atoms in total. The molecule has 0 bridgehead atoms. The molecule has 264 valence electrons. The number of aryl methyl sites for hydroxylation is 1. The first kappa shape index (κ1) is 33.9. The summed E-state index contributed by atoms with van der Waals surface area (Å²) in [6.07, 6.45) is 5.56. The van der Waals surface area contributed by atoms with Crippen molar-refractivity contribution in [3.8, 4) is 22.9 Å². The third-order valence-corrected chi connectivity index (χ3v) is 10.7. The fourth-order valence-corrected chi connectivity index (χ4v) is 7.96. The normalized spacial score (nSPS) is 18.1. The van der Waals surface area contributed by atoms with E-state index >= 15 is 0 Å². The molecule has 50 heavy (non-hydrogen) atoms. The van der Waals surface area contributed by atoms with E-state index in [1.165, 1.54) is 6.08 Å². The number of likely N-dealkylation sites (tertiary alicyclic amines) is 2. The summed E-state index contributed by atoms with van der Waals surface area (Å²) in [5.74, 6) is 1.00. The number of hydrogen-bond donors (Lipinski definition) is 1. The molecule has 1 amide bonds. The first-order chi connectivity index (χ1) is 24.1. The number of carbonyl (C=O) groups excluding carboxylic acids is 1. The molecule has 5 heterocycles. The van der Waals surface area contributed by atoms with Crippen LogP contribution in [0.25, 0.3) is 39.0 Å². The van der Waals surface area contributed by atoms with Gasteiger partial charge in [0.15, 0.2) is 5.75 Å². The van der Waals surface area contributed by atoms with Gasteiger partial charge in [-0.1, -0.05) is 12.6 Å². The van der Waals surface area contributed by atoms with Crippen LogP contribution in [0.2, 0.25) is 0 Å². The molecule has 0 saturated carbocycles. The number of hydrogen-bond acceptors (Lipinski definition) is 8. The molecular formula is C38H45F2N7O3. The molecule has 3 fully saturated rings. The Bertz CT molecular complexity index is 1950. The molecule has 2 aromatic heterocycles. The summed E-state index contributed by atoms with van der Waals surface area (Å²) in [6.45, 7) is 16.8. The van der Waals surface area contributed by atoms with Crippen LogP contribution in [0.1, 0.15) is 57.6 Å². The van der Waals surface area contributed by atoms with Gasteiger partial charge < -0.3 is 24.2 Å². The molecule has 0 aliphatic carbocycles. The van der Waals surface area contributed by atoms with E-state index in [1.54, 1.807) is 12.3 Å². The molecule has 2 aromatic carbocycles. The van der Waals surface area contributed by atoms with Crippen molar-refractivity contribution >= 4 is 39.6 Å². The summed E-state index contributed by atoms with van der Waals surface area (Å²) in [5, 5.41) is 8.69. The first-order valence-electron chi connectivity index (χ1n) is 17.6. The molecule has 0 radical (unpaired) electrons. The number of carbonyl (C=O) groups is 1. The Kier molecular flexibility index (Phi) is 9.23. The minimum Gasteiger partial charge on any atom is -0.491 e. The molecule has 7 rings (SSSR count). The van der Waals surface area contributed by atoms with Crippen LogP contribution in [0, 0.1) is 12.3 Å². The topological polar surface area (TPSA) is 99.7 Å². The van der Waals surface area contributed by atoms with E-state index in [4.69, 9.17) is 19.4 Å². The summed E-state index contributed by atoms with van der Waals surface area (Å²) in [5.41, 5.74) is 3.83. The maximum atomic E-state index is 14.3. The predicted octanol–water partition coefficient (Wildman–Crippen LogP) is 6.98. The molecule has 0 unspecified atom stereocenters. The summed E-state index contributed by atoms with van der Waals surface area (Å²) in [7, 11) is 0. The predicted molar refractivity (Wildman–Crippen MR) is 192 cm³/mol. The Labute approximate surface area is 291 Å². The number of H-pyrrole nitrogens is 1. The van der Waals surface area contributed by atoms with Gasteiger partial charge in [0.25, 0.3) is 6.08 Å². The van der Waals surface area contributed by atoms with E-state index in [0.717, 1.165) is 66.9 Å². The molecular weight excluding hydrogens is 640 g/mol. The Morgan fingerprint density at radius 2 is 1.84 bits per heavy atom. The number of rotatable bonds is 9. The number of aromatic amines is 1. The Hall–Kier alpha value is -4.58. The highest BCUT2D eigenvalue weighted by Crippen LogP contribution is 2.48. The van der Waals surface area contributed by atoms with Gasteiger partial charge in [-0.3, -0.25) is 9.89 Å². The van der Waals surface area contributed by atoms with Gasteiger partial charge in [-0.15, -0.1) is 0 Å². The van der Waals surface area contributed by atoms with E-state index in [1.807, 2.05) is 30.9 Å². The second kappa shape index (κ2) is 13.6. The summed E-state index contributed by atoms with van der Waals surface area (Å²) in [4.78, 5) is 28.7. The minimum atomic E-state index is -1.82. The van der Waals surface area contributed by atoms with E-state index in [9.17, 15) is 13.6 Å². The minimum absolute atomic E-state index is 0.0397. The molecule has 0 atom stereocenters. The van der Waals surface area contributed by atoms with E-state index in [2.05, 4.69) is 40.4 Å².